The highest BCUT2D eigenvalue weighted by Gasteiger charge is 2.42. The number of hydrogen-bond donors (Lipinski definition) is 0. The minimum Gasteiger partial charge on any atom is -0.461 e. The lowest BCUT2D eigenvalue weighted by molar-refractivity contribution is 0.0354. The summed E-state index contributed by atoms with van der Waals surface area (Å²) in [6, 6.07) is 29.5. The predicted molar refractivity (Wildman–Crippen MR) is 123 cm³/mol. The van der Waals surface area contributed by atoms with Crippen LogP contribution >= 0.6 is 0 Å². The van der Waals surface area contributed by atoms with Crippen molar-refractivity contribution in [2.75, 3.05) is 26.2 Å². The highest BCUT2D eigenvalue weighted by atomic mass is 16.5. The van der Waals surface area contributed by atoms with Crippen molar-refractivity contribution in [2.45, 2.75) is 30.6 Å². The molecule has 3 aromatic rings. The number of likely N-dealkylation sites (tertiary alicyclic amines) is 1. The van der Waals surface area contributed by atoms with E-state index < -0.39 is 0 Å². The molecule has 1 fully saturated rings. The zero-order valence-corrected chi connectivity index (χ0v) is 17.9. The lowest BCUT2D eigenvalue weighted by Crippen LogP contribution is -2.44. The maximum atomic E-state index is 12.4. The number of hydrogen-bond acceptors (Lipinski definition) is 3. The molecule has 0 amide bonds. The number of ether oxygens (including phenoxy) is 1. The average molecular weight is 412 g/mol. The van der Waals surface area contributed by atoms with Crippen molar-refractivity contribution in [1.29, 1.82) is 0 Å². The van der Waals surface area contributed by atoms with Gasteiger partial charge in [-0.25, -0.2) is 4.79 Å². The van der Waals surface area contributed by atoms with E-state index in [1.165, 1.54) is 24.0 Å². The summed E-state index contributed by atoms with van der Waals surface area (Å²) in [6.07, 6.45) is 3.35. The lowest BCUT2D eigenvalue weighted by atomic mass is 9.69. The highest BCUT2D eigenvalue weighted by molar-refractivity contribution is 5.93. The van der Waals surface area contributed by atoms with Crippen LogP contribution in [-0.4, -0.2) is 37.1 Å². The second-order valence-electron chi connectivity index (χ2n) is 8.85. The molecule has 1 unspecified atom stereocenters. The molecular formula is C28H29NO2. The summed E-state index contributed by atoms with van der Waals surface area (Å²) in [7, 11) is 0. The number of piperidine rings is 1. The first-order valence-electron chi connectivity index (χ1n) is 11.4. The molecule has 0 saturated carbocycles. The summed E-state index contributed by atoms with van der Waals surface area (Å²) < 4.78 is 5.73. The number of esters is 1. The second kappa shape index (κ2) is 8.68. The summed E-state index contributed by atoms with van der Waals surface area (Å²) in [4.78, 5) is 15.0. The second-order valence-corrected chi connectivity index (χ2v) is 8.85. The van der Waals surface area contributed by atoms with Gasteiger partial charge in [0.2, 0.25) is 0 Å². The Morgan fingerprint density at radius 2 is 1.48 bits per heavy atom. The van der Waals surface area contributed by atoms with Gasteiger partial charge in [0.05, 0.1) is 11.0 Å². The zero-order valence-electron chi connectivity index (χ0n) is 17.9. The lowest BCUT2D eigenvalue weighted by Gasteiger charge is -2.41. The minimum absolute atomic E-state index is 0.203. The van der Waals surface area contributed by atoms with E-state index in [9.17, 15) is 4.79 Å². The third kappa shape index (κ3) is 3.90. The fraction of sp³-hybridized carbons (Fsp3) is 0.321. The number of cyclic esters (lactones) is 1. The minimum atomic E-state index is -0.290. The molecule has 2 heterocycles. The third-order valence-electron chi connectivity index (χ3n) is 7.15. The number of carbonyl (C=O) groups excluding carboxylic acids is 1. The van der Waals surface area contributed by atoms with Gasteiger partial charge < -0.3 is 9.64 Å². The van der Waals surface area contributed by atoms with E-state index in [2.05, 4.69) is 65.6 Å². The van der Waals surface area contributed by atoms with Crippen LogP contribution in [0.15, 0.2) is 84.9 Å². The molecule has 1 atom stereocenters. The predicted octanol–water partition coefficient (Wildman–Crippen LogP) is 5.41. The van der Waals surface area contributed by atoms with E-state index in [0.717, 1.165) is 31.6 Å². The zero-order chi connectivity index (χ0) is 21.1. The van der Waals surface area contributed by atoms with Crippen molar-refractivity contribution < 1.29 is 9.53 Å². The Hall–Kier alpha value is -2.91. The van der Waals surface area contributed by atoms with Gasteiger partial charge >= 0.3 is 5.97 Å². The van der Waals surface area contributed by atoms with Crippen LogP contribution in [0.5, 0.6) is 0 Å². The Balaban J connectivity index is 1.36. The topological polar surface area (TPSA) is 29.5 Å². The summed E-state index contributed by atoms with van der Waals surface area (Å²) in [5.41, 5.74) is 4.23. The Labute approximate surface area is 184 Å². The fourth-order valence-corrected chi connectivity index (χ4v) is 5.33. The number of carbonyl (C=O) groups is 1. The van der Waals surface area contributed by atoms with E-state index in [4.69, 9.17) is 4.74 Å². The standard InChI is InChI=1S/C28H29NO2/c30-27-25-13-7-8-14-26(25)28(21-31-27,24-11-5-2-6-12-24)17-20-29-18-15-23(16-19-29)22-9-3-1-4-10-22/h1-14,23H,15-21H2. The molecule has 0 aromatic heterocycles. The monoisotopic (exact) mass is 411 g/mol. The molecular weight excluding hydrogens is 382 g/mol. The molecule has 1 saturated heterocycles. The van der Waals surface area contributed by atoms with E-state index in [-0.39, 0.29) is 11.4 Å². The average Bonchev–Trinajstić information content (AvgIpc) is 2.86. The van der Waals surface area contributed by atoms with Gasteiger partial charge in [-0.05, 0) is 67.6 Å². The molecule has 3 aromatic carbocycles. The van der Waals surface area contributed by atoms with Crippen molar-refractivity contribution in [3.05, 3.63) is 107 Å². The maximum absolute atomic E-state index is 12.4. The van der Waals surface area contributed by atoms with Gasteiger partial charge in [0.25, 0.3) is 0 Å². The third-order valence-corrected chi connectivity index (χ3v) is 7.15. The fourth-order valence-electron chi connectivity index (χ4n) is 5.33. The molecule has 31 heavy (non-hydrogen) atoms. The first-order chi connectivity index (χ1) is 15.3. The van der Waals surface area contributed by atoms with Crippen LogP contribution in [0.2, 0.25) is 0 Å². The van der Waals surface area contributed by atoms with Crippen LogP contribution in [0, 0.1) is 0 Å². The van der Waals surface area contributed by atoms with Crippen LogP contribution in [0.4, 0.5) is 0 Å². The Bertz CT molecular complexity index is 1030. The van der Waals surface area contributed by atoms with Crippen molar-refractivity contribution in [3.63, 3.8) is 0 Å². The van der Waals surface area contributed by atoms with Crippen LogP contribution < -0.4 is 0 Å². The molecule has 0 spiro atoms. The van der Waals surface area contributed by atoms with Gasteiger partial charge in [0, 0.05) is 0 Å². The van der Waals surface area contributed by atoms with Crippen molar-refractivity contribution in [2.24, 2.45) is 0 Å². The van der Waals surface area contributed by atoms with Gasteiger partial charge in [-0.2, -0.15) is 0 Å². The van der Waals surface area contributed by atoms with Crippen molar-refractivity contribution in [1.82, 2.24) is 4.90 Å². The number of benzene rings is 3. The van der Waals surface area contributed by atoms with Gasteiger partial charge in [-0.3, -0.25) is 0 Å². The maximum Gasteiger partial charge on any atom is 0.338 e. The molecule has 3 heteroatoms. The Kier molecular flexibility index (Phi) is 5.61. The summed E-state index contributed by atoms with van der Waals surface area (Å²) in [5, 5.41) is 0. The smallest absolute Gasteiger partial charge is 0.338 e. The summed E-state index contributed by atoms with van der Waals surface area (Å²) >= 11 is 0. The van der Waals surface area contributed by atoms with Crippen LogP contribution in [0.1, 0.15) is 52.2 Å². The van der Waals surface area contributed by atoms with Gasteiger partial charge in [0.1, 0.15) is 6.61 Å². The summed E-state index contributed by atoms with van der Waals surface area (Å²) in [6.45, 7) is 3.65. The molecule has 158 valence electrons. The molecule has 5 rings (SSSR count). The van der Waals surface area contributed by atoms with Gasteiger partial charge in [0.15, 0.2) is 0 Å². The van der Waals surface area contributed by atoms with Crippen LogP contribution in [0.3, 0.4) is 0 Å². The summed E-state index contributed by atoms with van der Waals surface area (Å²) in [5.74, 6) is 0.461. The van der Waals surface area contributed by atoms with Gasteiger partial charge in [-0.15, -0.1) is 0 Å². The quantitative estimate of drug-likeness (QED) is 0.526. The molecule has 0 N–H and O–H groups in total. The van der Waals surface area contributed by atoms with Crippen LogP contribution in [-0.2, 0) is 10.2 Å². The SMILES string of the molecule is O=C1OCC(CCN2CCC(c3ccccc3)CC2)(c2ccccc2)c2ccccc21. The highest BCUT2D eigenvalue weighted by Crippen LogP contribution is 2.41. The number of nitrogens with zero attached hydrogens (tertiary/aromatic N) is 1. The van der Waals surface area contributed by atoms with E-state index in [1.807, 2.05) is 24.3 Å². The number of fused-ring (bicyclic) bond motifs is 1. The first kappa shape index (κ1) is 20.0. The molecule has 0 radical (unpaired) electrons. The first-order valence-corrected chi connectivity index (χ1v) is 11.4. The molecule has 2 aliphatic rings. The van der Waals surface area contributed by atoms with Crippen molar-refractivity contribution >= 4 is 5.97 Å². The Morgan fingerprint density at radius 3 is 2.23 bits per heavy atom. The van der Waals surface area contributed by atoms with E-state index in [1.54, 1.807) is 0 Å². The number of rotatable bonds is 5. The normalized spacial score (nSPS) is 22.0. The molecule has 0 bridgehead atoms. The van der Waals surface area contributed by atoms with Crippen LogP contribution in [0.25, 0.3) is 0 Å². The van der Waals surface area contributed by atoms with E-state index >= 15 is 0 Å². The molecule has 2 aliphatic heterocycles. The Morgan fingerprint density at radius 1 is 0.839 bits per heavy atom. The van der Waals surface area contributed by atoms with Gasteiger partial charge in [-0.1, -0.05) is 78.9 Å². The molecule has 3 nitrogen and oxygen atoms in total. The van der Waals surface area contributed by atoms with E-state index in [0.29, 0.717) is 18.1 Å². The van der Waals surface area contributed by atoms with Crippen molar-refractivity contribution in [3.8, 4) is 0 Å². The molecule has 0 aliphatic carbocycles. The largest absolute Gasteiger partial charge is 0.461 e.